The summed E-state index contributed by atoms with van der Waals surface area (Å²) >= 11 is 0. The summed E-state index contributed by atoms with van der Waals surface area (Å²) in [7, 11) is 2.94. The lowest BCUT2D eigenvalue weighted by atomic mass is 9.92. The van der Waals surface area contributed by atoms with Crippen LogP contribution in [0.25, 0.3) is 0 Å². The molecule has 3 rings (SSSR count). The number of fused-ring (bicyclic) bond motifs is 1. The van der Waals surface area contributed by atoms with Crippen molar-refractivity contribution in [3.63, 3.8) is 0 Å². The first-order chi connectivity index (χ1) is 12.0. The molecule has 0 unspecified atom stereocenters. The number of aromatic nitrogens is 2. The van der Waals surface area contributed by atoms with Gasteiger partial charge in [0.2, 0.25) is 0 Å². The average Bonchev–Trinajstić information content (AvgIpc) is 2.62. The Morgan fingerprint density at radius 1 is 1.24 bits per heavy atom. The zero-order chi connectivity index (χ0) is 18.0. The van der Waals surface area contributed by atoms with Gasteiger partial charge >= 0.3 is 5.97 Å². The van der Waals surface area contributed by atoms with Crippen molar-refractivity contribution >= 4 is 11.9 Å². The van der Waals surface area contributed by atoms with Crippen LogP contribution in [0.3, 0.4) is 0 Å². The van der Waals surface area contributed by atoms with E-state index in [0.29, 0.717) is 17.5 Å². The number of methoxy groups -OCH3 is 1. The maximum Gasteiger partial charge on any atom is 0.337 e. The monoisotopic (exact) mass is 341 g/mol. The van der Waals surface area contributed by atoms with Gasteiger partial charge < -0.3 is 10.1 Å². The molecular formula is C18H19N3O4. The first-order valence-corrected chi connectivity index (χ1v) is 8.03. The molecule has 0 bridgehead atoms. The molecule has 7 nitrogen and oxygen atoms in total. The highest BCUT2D eigenvalue weighted by Gasteiger charge is 2.22. The van der Waals surface area contributed by atoms with E-state index in [1.807, 2.05) is 0 Å². The van der Waals surface area contributed by atoms with E-state index in [0.717, 1.165) is 24.1 Å². The Hall–Kier alpha value is -2.96. The molecule has 1 aromatic heterocycles. The number of rotatable bonds is 3. The molecule has 0 fully saturated rings. The number of amides is 1. The summed E-state index contributed by atoms with van der Waals surface area (Å²) in [5, 5.41) is 7.25. The highest BCUT2D eigenvalue weighted by Crippen LogP contribution is 2.18. The number of aryl methyl sites for hydroxylation is 2. The molecular weight excluding hydrogens is 322 g/mol. The van der Waals surface area contributed by atoms with Gasteiger partial charge in [-0.05, 0) is 49.1 Å². The highest BCUT2D eigenvalue weighted by atomic mass is 16.5. The van der Waals surface area contributed by atoms with Gasteiger partial charge in [0.05, 0.1) is 18.4 Å². The van der Waals surface area contributed by atoms with Crippen LogP contribution in [0.5, 0.6) is 0 Å². The number of esters is 1. The Kier molecular flexibility index (Phi) is 4.65. The van der Waals surface area contributed by atoms with Crippen molar-refractivity contribution < 1.29 is 14.3 Å². The first kappa shape index (κ1) is 16.9. The van der Waals surface area contributed by atoms with Crippen LogP contribution in [-0.2, 0) is 24.6 Å². The zero-order valence-electron chi connectivity index (χ0n) is 14.1. The Balaban J connectivity index is 1.68. The lowest BCUT2D eigenvalue weighted by Crippen LogP contribution is -2.40. The second kappa shape index (κ2) is 6.88. The molecule has 1 aliphatic carbocycles. The predicted molar refractivity (Wildman–Crippen MR) is 90.5 cm³/mol. The highest BCUT2D eigenvalue weighted by molar-refractivity contribution is 5.96. The molecule has 0 saturated carbocycles. The van der Waals surface area contributed by atoms with Gasteiger partial charge in [-0.1, -0.05) is 0 Å². The maximum atomic E-state index is 12.4. The molecule has 1 N–H and O–H groups in total. The summed E-state index contributed by atoms with van der Waals surface area (Å²) in [5.74, 6) is -0.647. The molecule has 1 aliphatic rings. The van der Waals surface area contributed by atoms with Crippen LogP contribution in [0.2, 0.25) is 0 Å². The largest absolute Gasteiger partial charge is 0.465 e. The first-order valence-electron chi connectivity index (χ1n) is 8.03. The molecule has 0 saturated heterocycles. The number of nitrogens with zero attached hydrogens (tertiary/aromatic N) is 2. The van der Waals surface area contributed by atoms with Crippen molar-refractivity contribution in [2.75, 3.05) is 7.11 Å². The van der Waals surface area contributed by atoms with Crippen molar-refractivity contribution in [2.24, 2.45) is 7.05 Å². The Labute approximate surface area is 144 Å². The standard InChI is InChI=1S/C18H19N3O4/c1-21-16(22)10-13-9-14(7-8-15(13)20-21)19-17(23)11-3-5-12(6-4-11)18(24)25-2/h3-6,10,14H,7-9H2,1-2H3,(H,19,23)/t14-/m0/s1. The molecule has 1 heterocycles. The van der Waals surface area contributed by atoms with Gasteiger partial charge in [-0.15, -0.1) is 0 Å². The second-order valence-corrected chi connectivity index (χ2v) is 6.06. The van der Waals surface area contributed by atoms with Crippen LogP contribution in [0.15, 0.2) is 35.1 Å². The molecule has 130 valence electrons. The summed E-state index contributed by atoms with van der Waals surface area (Å²) in [5.41, 5.74) is 2.52. The minimum absolute atomic E-state index is 0.0470. The van der Waals surface area contributed by atoms with Gasteiger partial charge in [0.25, 0.3) is 11.5 Å². The Bertz CT molecular complexity index is 871. The molecule has 1 amide bonds. The minimum atomic E-state index is -0.440. The van der Waals surface area contributed by atoms with Crippen LogP contribution in [0.1, 0.15) is 38.4 Å². The van der Waals surface area contributed by atoms with Gasteiger partial charge in [0, 0.05) is 24.7 Å². The third-order valence-electron chi connectivity index (χ3n) is 4.36. The van der Waals surface area contributed by atoms with Gasteiger partial charge in [-0.3, -0.25) is 9.59 Å². The maximum absolute atomic E-state index is 12.4. The summed E-state index contributed by atoms with van der Waals surface area (Å²) in [6.45, 7) is 0. The topological polar surface area (TPSA) is 90.3 Å². The molecule has 25 heavy (non-hydrogen) atoms. The number of ether oxygens (including phenoxy) is 1. The number of nitrogens with one attached hydrogen (secondary N) is 1. The van der Waals surface area contributed by atoms with Crippen molar-refractivity contribution in [2.45, 2.75) is 25.3 Å². The molecule has 0 radical (unpaired) electrons. The zero-order valence-corrected chi connectivity index (χ0v) is 14.1. The fourth-order valence-electron chi connectivity index (χ4n) is 2.95. The fraction of sp³-hybridized carbons (Fsp3) is 0.333. The molecule has 0 spiro atoms. The lowest BCUT2D eigenvalue weighted by molar-refractivity contribution is 0.0600. The molecule has 1 atom stereocenters. The van der Waals surface area contributed by atoms with Crippen LogP contribution in [0.4, 0.5) is 0 Å². The molecule has 7 heteroatoms. The van der Waals surface area contributed by atoms with Crippen molar-refractivity contribution in [3.05, 3.63) is 63.1 Å². The van der Waals surface area contributed by atoms with E-state index in [1.165, 1.54) is 11.8 Å². The van der Waals surface area contributed by atoms with Crippen molar-refractivity contribution in [1.29, 1.82) is 0 Å². The number of hydrogen-bond acceptors (Lipinski definition) is 5. The van der Waals surface area contributed by atoms with E-state index in [2.05, 4.69) is 15.2 Å². The summed E-state index contributed by atoms with van der Waals surface area (Å²) in [4.78, 5) is 35.5. The molecule has 2 aromatic rings. The van der Waals surface area contributed by atoms with Crippen LogP contribution < -0.4 is 10.9 Å². The summed E-state index contributed by atoms with van der Waals surface area (Å²) < 4.78 is 5.97. The fourth-order valence-corrected chi connectivity index (χ4v) is 2.95. The van der Waals surface area contributed by atoms with E-state index in [1.54, 1.807) is 37.4 Å². The van der Waals surface area contributed by atoms with E-state index < -0.39 is 5.97 Å². The smallest absolute Gasteiger partial charge is 0.337 e. The van der Waals surface area contributed by atoms with E-state index in [4.69, 9.17) is 0 Å². The van der Waals surface area contributed by atoms with E-state index >= 15 is 0 Å². The third kappa shape index (κ3) is 3.60. The Morgan fingerprint density at radius 3 is 2.60 bits per heavy atom. The summed E-state index contributed by atoms with van der Waals surface area (Å²) in [6.07, 6.45) is 2.07. The SMILES string of the molecule is COC(=O)c1ccc(C(=O)N[C@H]2CCc3nn(C)c(=O)cc3C2)cc1. The van der Waals surface area contributed by atoms with Crippen LogP contribution in [0, 0.1) is 0 Å². The summed E-state index contributed by atoms with van der Waals surface area (Å²) in [6, 6.07) is 7.85. The quantitative estimate of drug-likeness (QED) is 0.836. The van der Waals surface area contributed by atoms with E-state index in [-0.39, 0.29) is 17.5 Å². The number of carbonyl (C=O) groups excluding carboxylic acids is 2. The number of benzene rings is 1. The van der Waals surface area contributed by atoms with Crippen molar-refractivity contribution in [1.82, 2.24) is 15.1 Å². The normalized spacial score (nSPS) is 16.0. The molecule has 1 aromatic carbocycles. The van der Waals surface area contributed by atoms with Crippen LogP contribution in [-0.4, -0.2) is 34.8 Å². The minimum Gasteiger partial charge on any atom is -0.465 e. The Morgan fingerprint density at radius 2 is 1.92 bits per heavy atom. The lowest BCUT2D eigenvalue weighted by Gasteiger charge is -2.24. The number of hydrogen-bond donors (Lipinski definition) is 1. The van der Waals surface area contributed by atoms with Gasteiger partial charge in [-0.25, -0.2) is 9.48 Å². The predicted octanol–water partition coefficient (Wildman–Crippen LogP) is 0.854. The second-order valence-electron chi connectivity index (χ2n) is 6.06. The third-order valence-corrected chi connectivity index (χ3v) is 4.36. The average molecular weight is 341 g/mol. The van der Waals surface area contributed by atoms with Crippen molar-refractivity contribution in [3.8, 4) is 0 Å². The van der Waals surface area contributed by atoms with Gasteiger partial charge in [0.1, 0.15) is 0 Å². The molecule has 0 aliphatic heterocycles. The van der Waals surface area contributed by atoms with Crippen LogP contribution >= 0.6 is 0 Å². The van der Waals surface area contributed by atoms with E-state index in [9.17, 15) is 14.4 Å². The van der Waals surface area contributed by atoms with Gasteiger partial charge in [-0.2, -0.15) is 5.10 Å². The van der Waals surface area contributed by atoms with Gasteiger partial charge in [0.15, 0.2) is 0 Å². The number of carbonyl (C=O) groups is 2.